The highest BCUT2D eigenvalue weighted by Gasteiger charge is 2.23. The molecule has 4 N–H and O–H groups in total. The zero-order valence-corrected chi connectivity index (χ0v) is 26.2. The highest BCUT2D eigenvalue weighted by atomic mass is 35.5. The van der Waals surface area contributed by atoms with Gasteiger partial charge in [0.1, 0.15) is 5.65 Å². The van der Waals surface area contributed by atoms with E-state index in [9.17, 15) is 14.4 Å². The maximum Gasteiger partial charge on any atom is 0.262 e. The van der Waals surface area contributed by atoms with Crippen molar-refractivity contribution in [2.45, 2.75) is 50.9 Å². The number of nitrogens with zero attached hydrogens (tertiary/aromatic N) is 3. The molecule has 3 aromatic heterocycles. The lowest BCUT2D eigenvalue weighted by molar-refractivity contribution is -0.120. The maximum absolute atomic E-state index is 13.2. The van der Waals surface area contributed by atoms with Gasteiger partial charge in [-0.1, -0.05) is 41.4 Å². The number of halogens is 2. The fraction of sp³-hybridized carbons (Fsp3) is 0.344. The van der Waals surface area contributed by atoms with E-state index < -0.39 is 0 Å². The summed E-state index contributed by atoms with van der Waals surface area (Å²) in [4.78, 5) is 45.5. The lowest BCUT2D eigenvalue weighted by Crippen LogP contribution is -2.36. The van der Waals surface area contributed by atoms with Crippen LogP contribution in [-0.2, 0) is 22.7 Å². The molecule has 234 valence electrons. The second kappa shape index (κ2) is 13.5. The van der Waals surface area contributed by atoms with Crippen LogP contribution in [0, 0.1) is 0 Å². The van der Waals surface area contributed by atoms with Crippen LogP contribution in [-0.4, -0.2) is 58.5 Å². The number of methoxy groups -OCH3 is 1. The Balaban J connectivity index is 1.25. The molecule has 45 heavy (non-hydrogen) atoms. The van der Waals surface area contributed by atoms with Crippen molar-refractivity contribution in [2.75, 3.05) is 20.2 Å². The minimum atomic E-state index is -0.168. The van der Waals surface area contributed by atoms with Gasteiger partial charge in [0.05, 0.1) is 22.8 Å². The number of pyridine rings is 2. The summed E-state index contributed by atoms with van der Waals surface area (Å²) in [5, 5.41) is 13.5. The fourth-order valence-corrected chi connectivity index (χ4v) is 6.34. The van der Waals surface area contributed by atoms with Crippen molar-refractivity contribution in [1.82, 2.24) is 35.6 Å². The lowest BCUT2D eigenvalue weighted by atomic mass is 9.99. The molecule has 6 rings (SSSR count). The summed E-state index contributed by atoms with van der Waals surface area (Å²) in [5.74, 6) is 0.480. The van der Waals surface area contributed by atoms with Gasteiger partial charge in [-0.25, -0.2) is 9.97 Å². The first-order valence-electron chi connectivity index (χ1n) is 14.8. The molecule has 1 aromatic carbocycles. The van der Waals surface area contributed by atoms with Gasteiger partial charge in [-0.15, -0.1) is 0 Å². The van der Waals surface area contributed by atoms with Crippen LogP contribution in [0.1, 0.15) is 36.8 Å². The molecule has 0 radical (unpaired) electrons. The van der Waals surface area contributed by atoms with Crippen LogP contribution in [0.5, 0.6) is 5.88 Å². The van der Waals surface area contributed by atoms with Crippen LogP contribution < -0.4 is 31.6 Å². The summed E-state index contributed by atoms with van der Waals surface area (Å²) < 4.78 is 6.93. The van der Waals surface area contributed by atoms with Crippen molar-refractivity contribution in [3.05, 3.63) is 80.3 Å². The Kier molecular flexibility index (Phi) is 9.32. The summed E-state index contributed by atoms with van der Waals surface area (Å²) in [6.45, 7) is 1.94. The third kappa shape index (κ3) is 6.81. The van der Waals surface area contributed by atoms with Crippen LogP contribution in [0.4, 0.5) is 0 Å². The smallest absolute Gasteiger partial charge is 0.262 e. The molecule has 2 fully saturated rings. The molecule has 2 aliphatic heterocycles. The molecule has 2 amide bonds. The number of carbonyl (C=O) groups is 2. The molecule has 0 unspecified atom stereocenters. The Labute approximate surface area is 269 Å². The zero-order chi connectivity index (χ0) is 31.5. The number of aromatic nitrogens is 3. The predicted octanol–water partition coefficient (Wildman–Crippen LogP) is 3.48. The van der Waals surface area contributed by atoms with Gasteiger partial charge in [-0.2, -0.15) is 0 Å². The van der Waals surface area contributed by atoms with E-state index in [1.165, 1.54) is 11.5 Å². The van der Waals surface area contributed by atoms with Crippen LogP contribution in [0.2, 0.25) is 10.0 Å². The van der Waals surface area contributed by atoms with Crippen LogP contribution in [0.3, 0.4) is 0 Å². The molecule has 2 atom stereocenters. The standard InChI is InChI=1S/C32H33Cl2N7O4/c1-45-29-12-25(33)24(17-36-16-21-6-8-28(43)39-21)31(40-29)23-4-2-3-22(30(23)34)18-9-10-41-26(11-18)37-14-19(32(41)44)13-35-15-20-5-7-27(42)38-20/h2-4,9-12,14,20-21,35-36H,5-8,13,15-17H2,1H3,(H,38,42)(H,39,43)/t20-,21+/m0/s1. The molecule has 13 heteroatoms. The van der Waals surface area contributed by atoms with Crippen molar-refractivity contribution in [2.24, 2.45) is 0 Å². The maximum atomic E-state index is 13.2. The minimum absolute atomic E-state index is 0.0590. The van der Waals surface area contributed by atoms with Gasteiger partial charge < -0.3 is 26.0 Å². The zero-order valence-electron chi connectivity index (χ0n) is 24.7. The second-order valence-electron chi connectivity index (χ2n) is 11.2. The SMILES string of the molecule is COc1cc(Cl)c(CNC[C@H]2CCC(=O)N2)c(-c2cccc(-c3ccn4c(=O)c(CNC[C@@H]5CCC(=O)N5)cnc4c3)c2Cl)n1. The van der Waals surface area contributed by atoms with Crippen molar-refractivity contribution >= 4 is 40.7 Å². The summed E-state index contributed by atoms with van der Waals surface area (Å²) in [6, 6.07) is 11.1. The molecule has 5 heterocycles. The number of carbonyl (C=O) groups excluding carboxylic acids is 2. The van der Waals surface area contributed by atoms with Gasteiger partial charge >= 0.3 is 0 Å². The Morgan fingerprint density at radius 3 is 2.31 bits per heavy atom. The minimum Gasteiger partial charge on any atom is -0.481 e. The lowest BCUT2D eigenvalue weighted by Gasteiger charge is -2.17. The van der Waals surface area contributed by atoms with Gasteiger partial charge in [0.15, 0.2) is 0 Å². The first-order valence-corrected chi connectivity index (χ1v) is 15.6. The molecule has 2 saturated heterocycles. The highest BCUT2D eigenvalue weighted by Crippen LogP contribution is 2.39. The molecule has 0 spiro atoms. The summed E-state index contributed by atoms with van der Waals surface area (Å²) in [5.41, 5.74) is 4.37. The van der Waals surface area contributed by atoms with E-state index in [1.807, 2.05) is 30.3 Å². The van der Waals surface area contributed by atoms with Crippen molar-refractivity contribution in [3.63, 3.8) is 0 Å². The Morgan fingerprint density at radius 1 is 0.956 bits per heavy atom. The highest BCUT2D eigenvalue weighted by molar-refractivity contribution is 6.36. The normalized spacial score (nSPS) is 17.9. The topological polar surface area (TPSA) is 139 Å². The number of amides is 2. The first-order chi connectivity index (χ1) is 21.8. The van der Waals surface area contributed by atoms with E-state index in [0.717, 1.165) is 29.5 Å². The van der Waals surface area contributed by atoms with Crippen molar-refractivity contribution in [1.29, 1.82) is 0 Å². The van der Waals surface area contributed by atoms with Gasteiger partial charge in [0, 0.05) is 91.8 Å². The molecular weight excluding hydrogens is 617 g/mol. The van der Waals surface area contributed by atoms with Crippen molar-refractivity contribution < 1.29 is 14.3 Å². The molecule has 0 saturated carbocycles. The Morgan fingerprint density at radius 2 is 1.64 bits per heavy atom. The van der Waals surface area contributed by atoms with E-state index in [1.54, 1.807) is 18.5 Å². The fourth-order valence-electron chi connectivity index (χ4n) is 5.77. The van der Waals surface area contributed by atoms with E-state index in [2.05, 4.69) is 26.3 Å². The number of fused-ring (bicyclic) bond motifs is 1. The average Bonchev–Trinajstić information content (AvgIpc) is 3.65. The van der Waals surface area contributed by atoms with E-state index in [0.29, 0.717) is 77.4 Å². The second-order valence-corrected chi connectivity index (χ2v) is 12.0. The number of benzene rings is 1. The van der Waals surface area contributed by atoms with Gasteiger partial charge in [0.25, 0.3) is 5.56 Å². The third-order valence-electron chi connectivity index (χ3n) is 8.17. The van der Waals surface area contributed by atoms with Gasteiger partial charge in [0.2, 0.25) is 17.7 Å². The number of hydrogen-bond acceptors (Lipinski definition) is 8. The third-order valence-corrected chi connectivity index (χ3v) is 8.91. The number of hydrogen-bond donors (Lipinski definition) is 4. The summed E-state index contributed by atoms with van der Waals surface area (Å²) in [7, 11) is 1.53. The van der Waals surface area contributed by atoms with Gasteiger partial charge in [-0.3, -0.25) is 18.8 Å². The van der Waals surface area contributed by atoms with Crippen LogP contribution in [0.15, 0.2) is 53.6 Å². The van der Waals surface area contributed by atoms with Crippen molar-refractivity contribution in [3.8, 4) is 28.3 Å². The molecular formula is C32H33Cl2N7O4. The van der Waals surface area contributed by atoms with E-state index >= 15 is 0 Å². The summed E-state index contributed by atoms with van der Waals surface area (Å²) in [6.07, 6.45) is 5.91. The van der Waals surface area contributed by atoms with Crippen LogP contribution in [0.25, 0.3) is 28.0 Å². The van der Waals surface area contributed by atoms with E-state index in [4.69, 9.17) is 32.9 Å². The molecule has 2 aliphatic rings. The first kappa shape index (κ1) is 31.0. The summed E-state index contributed by atoms with van der Waals surface area (Å²) >= 11 is 13.8. The number of ether oxygens (including phenoxy) is 1. The largest absolute Gasteiger partial charge is 0.481 e. The predicted molar refractivity (Wildman–Crippen MR) is 172 cm³/mol. The molecule has 0 aliphatic carbocycles. The molecule has 4 aromatic rings. The quantitative estimate of drug-likeness (QED) is 0.194. The van der Waals surface area contributed by atoms with Crippen LogP contribution >= 0.6 is 23.2 Å². The Bertz CT molecular complexity index is 1830. The monoisotopic (exact) mass is 649 g/mol. The molecule has 11 nitrogen and oxygen atoms in total. The Hall–Kier alpha value is -4.03. The number of nitrogens with one attached hydrogen (secondary N) is 4. The molecule has 0 bridgehead atoms. The van der Waals surface area contributed by atoms with Gasteiger partial charge in [-0.05, 0) is 30.5 Å². The van der Waals surface area contributed by atoms with E-state index in [-0.39, 0.29) is 29.5 Å². The number of rotatable bonds is 11. The average molecular weight is 651 g/mol.